The molecular weight excluding hydrogens is 827 g/mol. The highest BCUT2D eigenvalue weighted by Gasteiger charge is 2.31. The molecule has 1 saturated heterocycles. The molecule has 306 valence electrons. The van der Waals surface area contributed by atoms with Crippen molar-refractivity contribution < 1.29 is 63.0 Å². The van der Waals surface area contributed by atoms with Gasteiger partial charge in [-0.15, -0.1) is 0 Å². The van der Waals surface area contributed by atoms with Crippen molar-refractivity contribution >= 4 is 58.9 Å². The molecule has 2 heterocycles. The second-order valence-electron chi connectivity index (χ2n) is 13.9. The van der Waals surface area contributed by atoms with Crippen LogP contribution in [0.2, 0.25) is 0 Å². The molecule has 0 saturated carbocycles. The number of aliphatic carboxylic acids is 1. The second-order valence-corrected chi connectivity index (χ2v) is 18.1. The van der Waals surface area contributed by atoms with Gasteiger partial charge in [0.1, 0.15) is 11.3 Å². The zero-order chi connectivity index (χ0) is 42.3. The van der Waals surface area contributed by atoms with Gasteiger partial charge in [0.15, 0.2) is 11.4 Å². The molecule has 7 rings (SSSR count). The van der Waals surface area contributed by atoms with Crippen molar-refractivity contribution in [2.45, 2.75) is 40.6 Å². The number of piperidine rings is 1. The van der Waals surface area contributed by atoms with Crippen molar-refractivity contribution in [2.75, 3.05) is 18.4 Å². The van der Waals surface area contributed by atoms with Crippen LogP contribution in [0.1, 0.15) is 34.3 Å². The van der Waals surface area contributed by atoms with Gasteiger partial charge in [0.25, 0.3) is 26.1 Å². The Morgan fingerprint density at radius 3 is 2.07 bits per heavy atom. The molecule has 4 aromatic carbocycles. The summed E-state index contributed by atoms with van der Waals surface area (Å²) in [6.45, 7) is 0.321. The number of amides is 1. The first-order chi connectivity index (χ1) is 27.9. The van der Waals surface area contributed by atoms with E-state index in [4.69, 9.17) is 4.42 Å². The summed E-state index contributed by atoms with van der Waals surface area (Å²) < 4.78 is 109. The van der Waals surface area contributed by atoms with E-state index < -0.39 is 47.1 Å². The van der Waals surface area contributed by atoms with Crippen LogP contribution in [-0.4, -0.2) is 73.9 Å². The average molecular weight is 863 g/mol. The minimum atomic E-state index is -4.93. The van der Waals surface area contributed by atoms with E-state index in [-0.39, 0.29) is 88.1 Å². The maximum atomic E-state index is 14.2. The quantitative estimate of drug-likeness (QED) is 0.0803. The molecule has 0 aromatic heterocycles. The molecule has 0 unspecified atom stereocenters. The van der Waals surface area contributed by atoms with E-state index in [0.29, 0.717) is 27.8 Å². The van der Waals surface area contributed by atoms with Crippen LogP contribution in [0.4, 0.5) is 5.69 Å². The maximum Gasteiger partial charge on any atom is 0.306 e. The number of carbonyl (C=O) groups is 2. The second kappa shape index (κ2) is 16.0. The third-order valence-corrected chi connectivity index (χ3v) is 12.8. The summed E-state index contributed by atoms with van der Waals surface area (Å²) in [5.41, 5.74) is 2.66. The van der Waals surface area contributed by atoms with Crippen molar-refractivity contribution in [3.8, 4) is 22.5 Å². The number of hydrogen-bond donors (Lipinski definition) is 6. The number of nitrogens with one attached hydrogen (secondary N) is 2. The van der Waals surface area contributed by atoms with Gasteiger partial charge in [0, 0.05) is 59.0 Å². The highest BCUT2D eigenvalue weighted by Crippen LogP contribution is 2.43. The molecule has 0 spiro atoms. The fourth-order valence-electron chi connectivity index (χ4n) is 7.13. The Morgan fingerprint density at radius 1 is 0.746 bits per heavy atom. The lowest BCUT2D eigenvalue weighted by molar-refractivity contribution is -0.520. The highest BCUT2D eigenvalue weighted by atomic mass is 32.2. The number of carboxylic acids is 1. The highest BCUT2D eigenvalue weighted by molar-refractivity contribution is 7.86. The van der Waals surface area contributed by atoms with E-state index in [1.54, 1.807) is 53.4 Å². The van der Waals surface area contributed by atoms with E-state index in [9.17, 15) is 53.6 Å². The monoisotopic (exact) mass is 862 g/mol. The number of carboxylic acid groups (broad SMARTS) is 1. The van der Waals surface area contributed by atoms with Crippen molar-refractivity contribution in [2.24, 2.45) is 5.92 Å². The molecule has 1 fully saturated rings. The van der Waals surface area contributed by atoms with E-state index >= 15 is 0 Å². The van der Waals surface area contributed by atoms with E-state index in [0.717, 1.165) is 0 Å². The predicted molar refractivity (Wildman–Crippen MR) is 212 cm³/mol. The van der Waals surface area contributed by atoms with Gasteiger partial charge in [0.05, 0.1) is 21.8 Å². The topological polar surface area (TPSA) is 260 Å². The number of nitrogens with zero attached hydrogens (tertiary/aromatic N) is 1. The Balaban J connectivity index is 1.40. The van der Waals surface area contributed by atoms with Crippen molar-refractivity contribution in [3.63, 3.8) is 0 Å². The number of benzene rings is 5. The Hall–Kier alpha value is -5.96. The molecule has 59 heavy (non-hydrogen) atoms. The molecule has 19 heteroatoms. The molecule has 4 aromatic rings. The van der Waals surface area contributed by atoms with E-state index in [1.165, 1.54) is 54.6 Å². The van der Waals surface area contributed by atoms with Gasteiger partial charge in [-0.05, 0) is 66.4 Å². The van der Waals surface area contributed by atoms with Gasteiger partial charge in [-0.1, -0.05) is 48.5 Å². The number of fused-ring (bicyclic) bond motifs is 2. The Kier molecular flexibility index (Phi) is 11.2. The standard InChI is InChI=1S/C40H35N3O13S3/c44-39(43-17-15-25(16-18-43)40(45)46)30-7-3-2-6-29(30)38-31-14-11-27(41-23-26-5-1-4-8-36(26)58(50,51)52)19-34(31)56-35-21-33(37(20-32(35)38)59(53,54)55)42-22-24-9-12-28(13-10-24)57(47,48)49/h1-14,19-21,25,41H,15-18,22-23H2,(H,45,46)(H,47,48,49)(H,50,51,52)(H,53,54,55)/p+1. The van der Waals surface area contributed by atoms with Crippen LogP contribution >= 0.6 is 0 Å². The summed E-state index contributed by atoms with van der Waals surface area (Å²) in [5, 5.41) is 13.0. The first kappa shape index (κ1) is 41.2. The summed E-state index contributed by atoms with van der Waals surface area (Å²) in [4.78, 5) is 29.2. The van der Waals surface area contributed by atoms with Crippen LogP contribution in [-0.2, 0) is 48.2 Å². The molecule has 2 aliphatic heterocycles. The molecule has 0 radical (unpaired) electrons. The summed E-state index contributed by atoms with van der Waals surface area (Å²) in [6.07, 6.45) is 0.532. The number of anilines is 1. The molecule has 3 aliphatic rings. The zero-order valence-corrected chi connectivity index (χ0v) is 33.2. The van der Waals surface area contributed by atoms with Crippen LogP contribution < -0.4 is 15.7 Å². The lowest BCUT2D eigenvalue weighted by atomic mass is 9.89. The van der Waals surface area contributed by atoms with Crippen LogP contribution in [0.3, 0.4) is 0 Å². The van der Waals surface area contributed by atoms with Crippen LogP contribution in [0.15, 0.2) is 122 Å². The van der Waals surface area contributed by atoms with E-state index in [1.807, 2.05) is 0 Å². The molecular formula is C40H36N3O13S3+. The van der Waals surface area contributed by atoms with Crippen LogP contribution in [0, 0.1) is 5.92 Å². The SMILES string of the molecule is O=C(O)C1CCN(C(=O)c2ccccc2-c2c3cc(S(=O)(=O)O)c(=[NH+]Cc4ccc(S(=O)(=O)O)cc4)cc-3oc3cc(NCc4ccccc4S(=O)(=O)O)ccc23)CC1. The molecule has 6 N–H and O–H groups in total. The lowest BCUT2D eigenvalue weighted by Gasteiger charge is -2.31. The van der Waals surface area contributed by atoms with Gasteiger partial charge in [-0.25, -0.2) is 4.99 Å². The van der Waals surface area contributed by atoms with Crippen molar-refractivity contribution in [1.29, 1.82) is 0 Å². The first-order valence-electron chi connectivity index (χ1n) is 17.9. The minimum absolute atomic E-state index is 0.0190. The Bertz CT molecular complexity index is 3010. The smallest absolute Gasteiger partial charge is 0.306 e. The summed E-state index contributed by atoms with van der Waals surface area (Å²) >= 11 is 0. The Morgan fingerprint density at radius 2 is 1.41 bits per heavy atom. The molecule has 1 aliphatic carbocycles. The lowest BCUT2D eigenvalue weighted by Crippen LogP contribution is -2.75. The molecule has 0 bridgehead atoms. The zero-order valence-electron chi connectivity index (χ0n) is 30.8. The number of carbonyl (C=O) groups excluding carboxylic acids is 1. The molecule has 16 nitrogen and oxygen atoms in total. The van der Waals surface area contributed by atoms with Crippen LogP contribution in [0.25, 0.3) is 33.4 Å². The number of likely N-dealkylation sites (tertiary alicyclic amines) is 1. The number of rotatable bonds is 11. The summed E-state index contributed by atoms with van der Waals surface area (Å²) in [6, 6.07) is 25.2. The fraction of sp³-hybridized carbons (Fsp3) is 0.175. The largest absolute Gasteiger partial charge is 0.481 e. The predicted octanol–water partition coefficient (Wildman–Crippen LogP) is 3.68. The minimum Gasteiger partial charge on any atom is -0.481 e. The summed E-state index contributed by atoms with van der Waals surface area (Å²) in [5.74, 6) is -1.78. The van der Waals surface area contributed by atoms with Gasteiger partial charge >= 0.3 is 16.1 Å². The first-order valence-corrected chi connectivity index (χ1v) is 22.3. The van der Waals surface area contributed by atoms with Gasteiger partial charge in [0.2, 0.25) is 5.36 Å². The van der Waals surface area contributed by atoms with Gasteiger partial charge in [-0.2, -0.15) is 25.3 Å². The third-order valence-electron chi connectivity index (χ3n) is 10.1. The molecule has 1 amide bonds. The van der Waals surface area contributed by atoms with E-state index in [2.05, 4.69) is 10.3 Å². The number of hydrogen-bond acceptors (Lipinski definition) is 10. The van der Waals surface area contributed by atoms with Crippen LogP contribution in [0.5, 0.6) is 0 Å². The average Bonchev–Trinajstić information content (AvgIpc) is 3.20. The molecule has 0 atom stereocenters. The summed E-state index contributed by atoms with van der Waals surface area (Å²) in [7, 11) is -13.9. The third kappa shape index (κ3) is 8.89. The van der Waals surface area contributed by atoms with Gasteiger partial charge in [-0.3, -0.25) is 23.2 Å². The maximum absolute atomic E-state index is 14.2. The fourth-order valence-corrected chi connectivity index (χ4v) is 9.01. The normalized spacial score (nSPS) is 14.5. The Labute approximate surface area is 338 Å². The van der Waals surface area contributed by atoms with Crippen molar-refractivity contribution in [1.82, 2.24) is 4.90 Å². The van der Waals surface area contributed by atoms with Gasteiger partial charge < -0.3 is 19.7 Å². The van der Waals surface area contributed by atoms with Crippen molar-refractivity contribution in [3.05, 3.63) is 125 Å².